The molecule has 0 amide bonds. The summed E-state index contributed by atoms with van der Waals surface area (Å²) in [5.41, 5.74) is 0. The lowest BCUT2D eigenvalue weighted by Gasteiger charge is -1.65. The van der Waals surface area contributed by atoms with Crippen molar-refractivity contribution in [1.82, 2.24) is 0 Å². The van der Waals surface area contributed by atoms with Crippen LogP contribution in [0.1, 0.15) is 0 Å². The second kappa shape index (κ2) is 11.0. The van der Waals surface area contributed by atoms with E-state index in [1.165, 1.54) is 0 Å². The van der Waals surface area contributed by atoms with E-state index in [9.17, 15) is 0 Å². The third kappa shape index (κ3) is 59.4. The van der Waals surface area contributed by atoms with Crippen molar-refractivity contribution in [3.05, 3.63) is 12.7 Å². The molecule has 0 N–H and O–H groups in total. The highest BCUT2D eigenvalue weighted by molar-refractivity contribution is 7.54. The zero-order chi connectivity index (χ0) is 6.99. The highest BCUT2D eigenvalue weighted by Gasteiger charge is 1.85. The predicted molar refractivity (Wildman–Crippen MR) is 45.6 cm³/mol. The van der Waals surface area contributed by atoms with Gasteiger partial charge >= 0.3 is 6.73 Å². The molecule has 5 heteroatoms. The molecule has 0 fully saturated rings. The third-order valence-electron chi connectivity index (χ3n) is 0.109. The molecule has 0 nitrogen and oxygen atoms in total. The summed E-state index contributed by atoms with van der Waals surface area (Å²) in [5, 5.41) is 0. The molecule has 0 aromatic rings. The molecule has 0 aliphatic heterocycles. The first-order chi connectivity index (χ1) is 3.65. The molecule has 0 heterocycles. The predicted octanol–water partition coefficient (Wildman–Crippen LogP) is 2.83. The Morgan fingerprint density at radius 3 is 1.50 bits per heavy atom. The molecule has 0 atom stereocenters. The molecule has 0 unspecified atom stereocenters. The van der Waals surface area contributed by atoms with Gasteiger partial charge in [0.25, 0.3) is 0 Å². The van der Waals surface area contributed by atoms with Gasteiger partial charge in [-0.2, -0.15) is 0 Å². The second-order valence-corrected chi connectivity index (χ2v) is 7.43. The van der Waals surface area contributed by atoms with Gasteiger partial charge in [-0.3, -0.25) is 0 Å². The third-order valence-corrected chi connectivity index (χ3v) is 0.327. The number of allylic oxidation sites excluding steroid dienone is 1. The van der Waals surface area contributed by atoms with Gasteiger partial charge in [0.2, 0.25) is 0 Å². The summed E-state index contributed by atoms with van der Waals surface area (Å²) in [6.45, 7) is 1.62. The maximum Gasteiger partial charge on any atom is 0.326 e. The lowest BCUT2D eigenvalue weighted by Crippen LogP contribution is -1.66. The van der Waals surface area contributed by atoms with Crippen molar-refractivity contribution in [3.63, 3.8) is 0 Å². The van der Waals surface area contributed by atoms with Gasteiger partial charge in [0.05, 0.1) is 0 Å². The molecule has 0 aromatic heterocycles. The Morgan fingerprint density at radius 1 is 1.38 bits per heavy atom. The van der Waals surface area contributed by atoms with E-state index in [2.05, 4.69) is 6.58 Å². The minimum Gasteiger partial charge on any atom is -0.130 e. The standard InChI is InChI=1S/C3H5Cl.Cl3HSi/c1-2-3-4;1-4(2)3/h2H,1,3H2;4H. The molecule has 0 aliphatic rings. The van der Waals surface area contributed by atoms with Crippen LogP contribution in [0.25, 0.3) is 0 Å². The molecule has 8 heavy (non-hydrogen) atoms. The number of hydrogen-bond donors (Lipinski definition) is 0. The number of alkyl halides is 1. The van der Waals surface area contributed by atoms with Crippen LogP contribution in [-0.2, 0) is 0 Å². The molecule has 0 rings (SSSR count). The fourth-order valence-corrected chi connectivity index (χ4v) is 0. The molecule has 0 radical (unpaired) electrons. The summed E-state index contributed by atoms with van der Waals surface area (Å²) in [7, 11) is 0. The highest BCUT2D eigenvalue weighted by atomic mass is 35.8. The molecule has 0 bridgehead atoms. The van der Waals surface area contributed by atoms with Crippen LogP contribution in [0.4, 0.5) is 0 Å². The Hall–Kier alpha value is 1.12. The summed E-state index contributed by atoms with van der Waals surface area (Å²) in [6, 6.07) is 0. The van der Waals surface area contributed by atoms with E-state index in [1.807, 2.05) is 0 Å². The van der Waals surface area contributed by atoms with Crippen LogP contribution in [0.15, 0.2) is 12.7 Å². The SMILES string of the molecule is C=CCCl.Cl[SiH](Cl)Cl. The molecule has 50 valence electrons. The lowest BCUT2D eigenvalue weighted by atomic mass is 10.8. The van der Waals surface area contributed by atoms with Gasteiger partial charge < -0.3 is 0 Å². The van der Waals surface area contributed by atoms with E-state index in [0.29, 0.717) is 5.88 Å². The average Bonchev–Trinajstić information content (AvgIpc) is 1.65. The van der Waals surface area contributed by atoms with Crippen molar-refractivity contribution in [2.24, 2.45) is 0 Å². The maximum atomic E-state index is 5.07. The van der Waals surface area contributed by atoms with Crippen LogP contribution < -0.4 is 0 Å². The summed E-state index contributed by atoms with van der Waals surface area (Å²) < 4.78 is 0. The van der Waals surface area contributed by atoms with Gasteiger partial charge in [0, 0.05) is 5.88 Å². The zero-order valence-electron chi connectivity index (χ0n) is 4.08. The van der Waals surface area contributed by atoms with Gasteiger partial charge in [0.1, 0.15) is 0 Å². The summed E-state index contributed by atoms with van der Waals surface area (Å²) in [4.78, 5) is 0. The smallest absolute Gasteiger partial charge is 0.130 e. The van der Waals surface area contributed by atoms with Gasteiger partial charge in [-0.05, 0) is 0 Å². The molecule has 0 aromatic carbocycles. The van der Waals surface area contributed by atoms with Crippen molar-refractivity contribution in [3.8, 4) is 0 Å². The number of halogens is 4. The summed E-state index contributed by atoms with van der Waals surface area (Å²) in [5.74, 6) is 0.556. The number of hydrogen-bond acceptors (Lipinski definition) is 0. The first-order valence-corrected chi connectivity index (χ1v) is 7.51. The first kappa shape index (κ1) is 11.9. The van der Waals surface area contributed by atoms with E-state index < -0.39 is 6.73 Å². The van der Waals surface area contributed by atoms with Crippen molar-refractivity contribution in [2.45, 2.75) is 0 Å². The van der Waals surface area contributed by atoms with E-state index in [-0.39, 0.29) is 0 Å². The molecule has 0 saturated carbocycles. The van der Waals surface area contributed by atoms with Crippen LogP contribution in [0.3, 0.4) is 0 Å². The minimum absolute atomic E-state index is 0.556. The minimum atomic E-state index is -1.72. The van der Waals surface area contributed by atoms with E-state index in [0.717, 1.165) is 0 Å². The molecular weight excluding hydrogens is 206 g/mol. The monoisotopic (exact) mass is 210 g/mol. The van der Waals surface area contributed by atoms with Gasteiger partial charge in [-0.1, -0.05) is 6.08 Å². The number of rotatable bonds is 1. The Balaban J connectivity index is 0. The highest BCUT2D eigenvalue weighted by Crippen LogP contribution is 1.97. The van der Waals surface area contributed by atoms with Crippen LogP contribution in [-0.4, -0.2) is 12.6 Å². The average molecular weight is 212 g/mol. The Bertz CT molecular complexity index is 43.8. The Kier molecular flexibility index (Phi) is 16.3. The van der Waals surface area contributed by atoms with Crippen molar-refractivity contribution in [2.75, 3.05) is 5.88 Å². The maximum absolute atomic E-state index is 5.07. The molecule has 0 aliphatic carbocycles. The second-order valence-electron chi connectivity index (χ2n) is 0.690. The van der Waals surface area contributed by atoms with E-state index >= 15 is 0 Å². The molecule has 0 saturated heterocycles. The fraction of sp³-hybridized carbons (Fsp3) is 0.333. The largest absolute Gasteiger partial charge is 0.326 e. The van der Waals surface area contributed by atoms with Crippen LogP contribution in [0, 0.1) is 0 Å². The van der Waals surface area contributed by atoms with E-state index in [1.54, 1.807) is 6.08 Å². The van der Waals surface area contributed by atoms with Gasteiger partial charge in [-0.15, -0.1) is 51.4 Å². The van der Waals surface area contributed by atoms with Crippen molar-refractivity contribution in [1.29, 1.82) is 0 Å². The summed E-state index contributed by atoms with van der Waals surface area (Å²) in [6.07, 6.45) is 1.64. The van der Waals surface area contributed by atoms with Crippen LogP contribution >= 0.6 is 44.8 Å². The lowest BCUT2D eigenvalue weighted by molar-refractivity contribution is 1.80. The zero-order valence-corrected chi connectivity index (χ0v) is 8.26. The topological polar surface area (TPSA) is 0 Å². The quantitative estimate of drug-likeness (QED) is 0.271. The molecular formula is C3H6Cl4Si. The van der Waals surface area contributed by atoms with E-state index in [4.69, 9.17) is 44.8 Å². The van der Waals surface area contributed by atoms with Crippen LogP contribution in [0.2, 0.25) is 0 Å². The van der Waals surface area contributed by atoms with Gasteiger partial charge in [-0.25, -0.2) is 0 Å². The van der Waals surface area contributed by atoms with Gasteiger partial charge in [0.15, 0.2) is 0 Å². The first-order valence-electron chi connectivity index (χ1n) is 1.74. The van der Waals surface area contributed by atoms with Crippen molar-refractivity contribution < 1.29 is 0 Å². The summed E-state index contributed by atoms with van der Waals surface area (Å²) >= 11 is 19.9. The van der Waals surface area contributed by atoms with Crippen molar-refractivity contribution >= 4 is 51.6 Å². The molecule has 0 spiro atoms. The van der Waals surface area contributed by atoms with Crippen LogP contribution in [0.5, 0.6) is 0 Å². The Labute approximate surface area is 70.1 Å². The fourth-order valence-electron chi connectivity index (χ4n) is 0. The Morgan fingerprint density at radius 2 is 1.50 bits per heavy atom. The normalized spacial score (nSPS) is 7.62.